The van der Waals surface area contributed by atoms with Crippen LogP contribution in [0, 0.1) is 6.92 Å². The predicted molar refractivity (Wildman–Crippen MR) is 91.5 cm³/mol. The molecule has 0 saturated carbocycles. The molecular formula is C15H13ClN2OS2. The summed E-state index contributed by atoms with van der Waals surface area (Å²) in [5.74, 6) is -0.141. The SMILES string of the molecule is Cc1ccsc1CNC(=O)c1sc2cc(Cl)ccc2c1N. The van der Waals surface area contributed by atoms with Crippen molar-refractivity contribution in [2.75, 3.05) is 5.73 Å². The van der Waals surface area contributed by atoms with Crippen LogP contribution in [0.2, 0.25) is 5.02 Å². The van der Waals surface area contributed by atoms with Crippen LogP contribution >= 0.6 is 34.3 Å². The summed E-state index contributed by atoms with van der Waals surface area (Å²) in [5.41, 5.74) is 7.79. The molecule has 0 saturated heterocycles. The molecule has 3 aromatic rings. The van der Waals surface area contributed by atoms with E-state index in [0.717, 1.165) is 15.0 Å². The number of hydrogen-bond acceptors (Lipinski definition) is 4. The van der Waals surface area contributed by atoms with Gasteiger partial charge in [-0.05, 0) is 42.1 Å². The molecule has 0 unspecified atom stereocenters. The number of thiophene rings is 2. The molecule has 1 aromatic carbocycles. The zero-order valence-corrected chi connectivity index (χ0v) is 13.7. The summed E-state index contributed by atoms with van der Waals surface area (Å²) >= 11 is 8.98. The van der Waals surface area contributed by atoms with Gasteiger partial charge in [0.15, 0.2) is 0 Å². The third-order valence-corrected chi connectivity index (χ3v) is 5.70. The molecule has 0 atom stereocenters. The molecule has 2 aromatic heterocycles. The van der Waals surface area contributed by atoms with Crippen molar-refractivity contribution in [1.82, 2.24) is 5.32 Å². The molecule has 2 heterocycles. The van der Waals surface area contributed by atoms with E-state index in [4.69, 9.17) is 17.3 Å². The van der Waals surface area contributed by atoms with Crippen LogP contribution < -0.4 is 11.1 Å². The number of nitrogen functional groups attached to an aromatic ring is 1. The Bertz CT molecular complexity index is 822. The number of hydrogen-bond donors (Lipinski definition) is 2. The second-order valence-corrected chi connectivity index (χ2v) is 7.18. The molecule has 1 amide bonds. The van der Waals surface area contributed by atoms with Crippen molar-refractivity contribution in [3.8, 4) is 0 Å². The summed E-state index contributed by atoms with van der Waals surface area (Å²) in [7, 11) is 0. The molecule has 0 bridgehead atoms. The van der Waals surface area contributed by atoms with E-state index in [0.29, 0.717) is 22.1 Å². The summed E-state index contributed by atoms with van der Waals surface area (Å²) in [6.45, 7) is 2.56. The van der Waals surface area contributed by atoms with E-state index in [1.54, 1.807) is 17.4 Å². The van der Waals surface area contributed by atoms with Crippen LogP contribution in [0.5, 0.6) is 0 Å². The fourth-order valence-corrected chi connectivity index (χ4v) is 4.25. The van der Waals surface area contributed by atoms with Gasteiger partial charge in [0.25, 0.3) is 5.91 Å². The van der Waals surface area contributed by atoms with Gasteiger partial charge in [0.05, 0.1) is 12.2 Å². The Hall–Kier alpha value is -1.56. The number of halogens is 1. The van der Waals surface area contributed by atoms with Gasteiger partial charge in [-0.15, -0.1) is 22.7 Å². The van der Waals surface area contributed by atoms with E-state index in [1.165, 1.54) is 16.9 Å². The molecule has 0 spiro atoms. The van der Waals surface area contributed by atoms with Crippen molar-refractivity contribution >= 4 is 56.0 Å². The number of fused-ring (bicyclic) bond motifs is 1. The molecule has 6 heteroatoms. The fourth-order valence-electron chi connectivity index (χ4n) is 2.09. The van der Waals surface area contributed by atoms with Gasteiger partial charge in [0, 0.05) is 20.0 Å². The number of benzene rings is 1. The van der Waals surface area contributed by atoms with Crippen LogP contribution in [-0.4, -0.2) is 5.91 Å². The second-order valence-electron chi connectivity index (χ2n) is 4.69. The topological polar surface area (TPSA) is 55.1 Å². The standard InChI is InChI=1S/C15H13ClN2OS2/c1-8-4-5-20-12(8)7-18-15(19)14-13(17)10-3-2-9(16)6-11(10)21-14/h2-6H,7,17H2,1H3,(H,18,19). The molecule has 3 nitrogen and oxygen atoms in total. The monoisotopic (exact) mass is 336 g/mol. The van der Waals surface area contributed by atoms with Crippen LogP contribution in [0.1, 0.15) is 20.1 Å². The Morgan fingerprint density at radius 2 is 2.19 bits per heavy atom. The summed E-state index contributed by atoms with van der Waals surface area (Å²) in [4.78, 5) is 14.0. The fraction of sp³-hybridized carbons (Fsp3) is 0.133. The highest BCUT2D eigenvalue weighted by Crippen LogP contribution is 2.35. The zero-order valence-electron chi connectivity index (χ0n) is 11.3. The van der Waals surface area contributed by atoms with Crippen molar-refractivity contribution in [1.29, 1.82) is 0 Å². The van der Waals surface area contributed by atoms with Crippen molar-refractivity contribution in [2.24, 2.45) is 0 Å². The number of rotatable bonds is 3. The van der Waals surface area contributed by atoms with Crippen molar-refractivity contribution in [3.05, 3.63) is 50.0 Å². The number of amides is 1. The summed E-state index contributed by atoms with van der Waals surface area (Å²) in [6, 6.07) is 7.51. The van der Waals surface area contributed by atoms with Gasteiger partial charge in [-0.3, -0.25) is 4.79 Å². The van der Waals surface area contributed by atoms with Crippen LogP contribution in [0.25, 0.3) is 10.1 Å². The Labute approximate surface area is 135 Å². The predicted octanol–water partition coefficient (Wildman–Crippen LogP) is 4.44. The van der Waals surface area contributed by atoms with Gasteiger partial charge in [0.1, 0.15) is 4.88 Å². The number of aryl methyl sites for hydroxylation is 1. The van der Waals surface area contributed by atoms with E-state index in [2.05, 4.69) is 5.32 Å². The van der Waals surface area contributed by atoms with Gasteiger partial charge in [0.2, 0.25) is 0 Å². The molecule has 108 valence electrons. The lowest BCUT2D eigenvalue weighted by Gasteiger charge is -2.03. The molecule has 3 N–H and O–H groups in total. The maximum absolute atomic E-state index is 12.3. The maximum Gasteiger partial charge on any atom is 0.263 e. The number of nitrogens with one attached hydrogen (secondary N) is 1. The summed E-state index contributed by atoms with van der Waals surface area (Å²) in [6.07, 6.45) is 0. The molecule has 0 aliphatic carbocycles. The van der Waals surface area contributed by atoms with Gasteiger partial charge in [-0.25, -0.2) is 0 Å². The van der Waals surface area contributed by atoms with Gasteiger partial charge < -0.3 is 11.1 Å². The van der Waals surface area contributed by atoms with E-state index >= 15 is 0 Å². The molecular weight excluding hydrogens is 324 g/mol. The first-order valence-electron chi connectivity index (χ1n) is 6.35. The third-order valence-electron chi connectivity index (χ3n) is 3.27. The Morgan fingerprint density at radius 1 is 1.38 bits per heavy atom. The summed E-state index contributed by atoms with van der Waals surface area (Å²) in [5, 5.41) is 6.47. The average molecular weight is 337 g/mol. The largest absolute Gasteiger partial charge is 0.397 e. The van der Waals surface area contributed by atoms with Crippen LogP contribution in [0.4, 0.5) is 5.69 Å². The highest BCUT2D eigenvalue weighted by molar-refractivity contribution is 7.21. The van der Waals surface area contributed by atoms with E-state index in [1.807, 2.05) is 30.5 Å². The van der Waals surface area contributed by atoms with Crippen molar-refractivity contribution in [2.45, 2.75) is 13.5 Å². The molecule has 0 aliphatic heterocycles. The smallest absolute Gasteiger partial charge is 0.263 e. The minimum Gasteiger partial charge on any atom is -0.397 e. The van der Waals surface area contributed by atoms with Crippen molar-refractivity contribution in [3.63, 3.8) is 0 Å². The highest BCUT2D eigenvalue weighted by atomic mass is 35.5. The van der Waals surface area contributed by atoms with Gasteiger partial charge >= 0.3 is 0 Å². The lowest BCUT2D eigenvalue weighted by molar-refractivity contribution is 0.0956. The van der Waals surface area contributed by atoms with Crippen LogP contribution in [-0.2, 0) is 6.54 Å². The van der Waals surface area contributed by atoms with Gasteiger partial charge in [-0.2, -0.15) is 0 Å². The first kappa shape index (κ1) is 14.4. The molecule has 3 rings (SSSR count). The van der Waals surface area contributed by atoms with E-state index in [9.17, 15) is 4.79 Å². The van der Waals surface area contributed by atoms with Crippen LogP contribution in [0.3, 0.4) is 0 Å². The zero-order chi connectivity index (χ0) is 15.0. The lowest BCUT2D eigenvalue weighted by atomic mass is 10.2. The Morgan fingerprint density at radius 3 is 2.90 bits per heavy atom. The van der Waals surface area contributed by atoms with E-state index in [-0.39, 0.29) is 5.91 Å². The number of carbonyl (C=O) groups excluding carboxylic acids is 1. The summed E-state index contributed by atoms with van der Waals surface area (Å²) < 4.78 is 0.928. The van der Waals surface area contributed by atoms with Crippen molar-refractivity contribution < 1.29 is 4.79 Å². The lowest BCUT2D eigenvalue weighted by Crippen LogP contribution is -2.22. The molecule has 21 heavy (non-hydrogen) atoms. The maximum atomic E-state index is 12.3. The minimum atomic E-state index is -0.141. The van der Waals surface area contributed by atoms with Gasteiger partial charge in [-0.1, -0.05) is 11.6 Å². The number of nitrogens with two attached hydrogens (primary N) is 1. The highest BCUT2D eigenvalue weighted by Gasteiger charge is 2.16. The van der Waals surface area contributed by atoms with E-state index < -0.39 is 0 Å². The first-order valence-corrected chi connectivity index (χ1v) is 8.42. The van der Waals surface area contributed by atoms with Crippen LogP contribution in [0.15, 0.2) is 29.6 Å². The first-order chi connectivity index (χ1) is 10.1. The number of anilines is 1. The molecule has 0 fully saturated rings. The average Bonchev–Trinajstić information content (AvgIpc) is 3.00. The second kappa shape index (κ2) is 5.67. The Balaban J connectivity index is 1.84. The minimum absolute atomic E-state index is 0.141. The molecule has 0 aliphatic rings. The Kier molecular flexibility index (Phi) is 3.89. The normalized spacial score (nSPS) is 11.0. The molecule has 0 radical (unpaired) electrons. The third kappa shape index (κ3) is 2.77. The quantitative estimate of drug-likeness (QED) is 0.743. The number of carbonyl (C=O) groups is 1.